The van der Waals surface area contributed by atoms with Gasteiger partial charge in [-0.1, -0.05) is 6.07 Å². The van der Waals surface area contributed by atoms with Crippen molar-refractivity contribution in [3.63, 3.8) is 0 Å². The van der Waals surface area contributed by atoms with Gasteiger partial charge in [0, 0.05) is 5.54 Å². The Kier molecular flexibility index (Phi) is 5.20. The molecule has 2 rings (SSSR count). The van der Waals surface area contributed by atoms with Crippen molar-refractivity contribution in [3.8, 4) is 11.5 Å². The molecular weight excluding hydrogens is 330 g/mol. The Balaban J connectivity index is 2.16. The van der Waals surface area contributed by atoms with E-state index in [0.29, 0.717) is 11.8 Å². The third-order valence-electron chi connectivity index (χ3n) is 4.23. The molecule has 1 fully saturated rings. The zero-order valence-electron chi connectivity index (χ0n) is 13.6. The number of methoxy groups -OCH3 is 2. The lowest BCUT2D eigenvalue weighted by atomic mass is 9.69. The fourth-order valence-electron chi connectivity index (χ4n) is 2.87. The number of benzene rings is 1. The lowest BCUT2D eigenvalue weighted by Gasteiger charge is -2.39. The van der Waals surface area contributed by atoms with E-state index in [2.05, 4.69) is 48.1 Å². The summed E-state index contributed by atoms with van der Waals surface area (Å²) in [5.74, 6) is 2.98. The third kappa shape index (κ3) is 3.72. The first kappa shape index (κ1) is 16.6. The van der Waals surface area contributed by atoms with E-state index in [1.807, 2.05) is 6.07 Å². The summed E-state index contributed by atoms with van der Waals surface area (Å²) in [6, 6.07) is 4.17. The summed E-state index contributed by atoms with van der Waals surface area (Å²) in [5, 5.41) is 3.62. The molecular formula is C17H26BrNO2. The highest BCUT2D eigenvalue weighted by molar-refractivity contribution is 9.10. The van der Waals surface area contributed by atoms with Crippen LogP contribution in [0.5, 0.6) is 11.5 Å². The minimum atomic E-state index is 0.171. The van der Waals surface area contributed by atoms with Crippen LogP contribution in [0.2, 0.25) is 0 Å². The predicted octanol–water partition coefficient (Wildman–Crippen LogP) is 4.35. The summed E-state index contributed by atoms with van der Waals surface area (Å²) in [6.45, 7) is 7.70. The normalized spacial score (nSPS) is 21.8. The van der Waals surface area contributed by atoms with Gasteiger partial charge in [0.25, 0.3) is 0 Å². The maximum Gasteiger partial charge on any atom is 0.140 e. The Hall–Kier alpha value is -0.740. The monoisotopic (exact) mass is 355 g/mol. The second-order valence-corrected chi connectivity index (χ2v) is 7.57. The summed E-state index contributed by atoms with van der Waals surface area (Å²) in [4.78, 5) is 0. The topological polar surface area (TPSA) is 30.5 Å². The molecule has 0 spiro atoms. The first-order valence-electron chi connectivity index (χ1n) is 7.52. The van der Waals surface area contributed by atoms with Crippen LogP contribution in [0.25, 0.3) is 0 Å². The fraction of sp³-hybridized carbons (Fsp3) is 0.647. The van der Waals surface area contributed by atoms with E-state index in [-0.39, 0.29) is 5.54 Å². The molecule has 1 aliphatic rings. The van der Waals surface area contributed by atoms with Crippen LogP contribution in [0.3, 0.4) is 0 Å². The van der Waals surface area contributed by atoms with Crippen molar-refractivity contribution < 1.29 is 9.47 Å². The van der Waals surface area contributed by atoms with Crippen LogP contribution < -0.4 is 14.8 Å². The van der Waals surface area contributed by atoms with Crippen LogP contribution >= 0.6 is 15.9 Å². The number of rotatable bonds is 5. The van der Waals surface area contributed by atoms with Crippen molar-refractivity contribution >= 4 is 15.9 Å². The molecule has 118 valence electrons. The molecule has 0 heterocycles. The highest BCUT2D eigenvalue weighted by Crippen LogP contribution is 2.49. The lowest BCUT2D eigenvalue weighted by molar-refractivity contribution is 0.221. The fourth-order valence-corrected chi connectivity index (χ4v) is 3.55. The van der Waals surface area contributed by atoms with Gasteiger partial charge in [-0.3, -0.25) is 0 Å². The van der Waals surface area contributed by atoms with E-state index in [1.54, 1.807) is 14.2 Å². The van der Waals surface area contributed by atoms with E-state index in [0.717, 1.165) is 22.5 Å². The molecule has 1 aliphatic carbocycles. The first-order chi connectivity index (χ1) is 9.87. The van der Waals surface area contributed by atoms with Gasteiger partial charge in [0.1, 0.15) is 16.0 Å². The summed E-state index contributed by atoms with van der Waals surface area (Å²) in [5.41, 5.74) is 1.46. The molecule has 1 aromatic carbocycles. The molecule has 2 unspecified atom stereocenters. The first-order valence-corrected chi connectivity index (χ1v) is 8.32. The number of ether oxygens (including phenoxy) is 2. The Labute approximate surface area is 136 Å². The quantitative estimate of drug-likeness (QED) is 0.851. The average Bonchev–Trinajstić information content (AvgIpc) is 2.37. The van der Waals surface area contributed by atoms with Crippen LogP contribution in [0.4, 0.5) is 0 Å². The van der Waals surface area contributed by atoms with E-state index in [1.165, 1.54) is 18.4 Å². The second-order valence-electron chi connectivity index (χ2n) is 6.78. The molecule has 0 amide bonds. The molecule has 3 nitrogen and oxygen atoms in total. The minimum absolute atomic E-state index is 0.171. The predicted molar refractivity (Wildman–Crippen MR) is 90.5 cm³/mol. The second kappa shape index (κ2) is 6.57. The van der Waals surface area contributed by atoms with Gasteiger partial charge in [-0.2, -0.15) is 0 Å². The third-order valence-corrected chi connectivity index (χ3v) is 4.98. The summed E-state index contributed by atoms with van der Waals surface area (Å²) in [6.07, 6.45) is 2.51. The Bertz CT molecular complexity index is 496. The molecule has 1 saturated carbocycles. The van der Waals surface area contributed by atoms with Gasteiger partial charge in [0.15, 0.2) is 0 Å². The summed E-state index contributed by atoms with van der Waals surface area (Å²) < 4.78 is 11.9. The number of halogens is 1. The molecule has 0 bridgehead atoms. The Morgan fingerprint density at radius 2 is 1.90 bits per heavy atom. The number of hydrogen-bond acceptors (Lipinski definition) is 3. The van der Waals surface area contributed by atoms with E-state index in [9.17, 15) is 0 Å². The molecule has 0 aromatic heterocycles. The highest BCUT2D eigenvalue weighted by Gasteiger charge is 2.35. The molecule has 21 heavy (non-hydrogen) atoms. The van der Waals surface area contributed by atoms with Crippen molar-refractivity contribution in [1.29, 1.82) is 0 Å². The minimum Gasteiger partial charge on any atom is -0.495 e. The summed E-state index contributed by atoms with van der Waals surface area (Å²) in [7, 11) is 3.41. The van der Waals surface area contributed by atoms with Gasteiger partial charge < -0.3 is 14.8 Å². The van der Waals surface area contributed by atoms with Crippen molar-refractivity contribution in [2.24, 2.45) is 5.92 Å². The number of nitrogens with one attached hydrogen (secondary N) is 1. The molecule has 4 heteroatoms. The van der Waals surface area contributed by atoms with Crippen molar-refractivity contribution in [2.45, 2.75) is 45.1 Å². The van der Waals surface area contributed by atoms with Crippen LogP contribution in [-0.2, 0) is 0 Å². The molecule has 0 saturated heterocycles. The van der Waals surface area contributed by atoms with Crippen LogP contribution in [0.15, 0.2) is 16.6 Å². The summed E-state index contributed by atoms with van der Waals surface area (Å²) >= 11 is 3.60. The highest BCUT2D eigenvalue weighted by atomic mass is 79.9. The lowest BCUT2D eigenvalue weighted by Crippen LogP contribution is -2.43. The molecule has 1 aromatic rings. The SMILES string of the molecule is COc1ccc(C2CCC2CNC(C)(C)C)c(OC)c1Br. The van der Waals surface area contributed by atoms with Crippen molar-refractivity contribution in [2.75, 3.05) is 20.8 Å². The molecule has 0 radical (unpaired) electrons. The standard InChI is InChI=1S/C17H26BrNO2/c1-17(2,3)19-10-11-6-7-12(11)13-8-9-14(20-4)15(18)16(13)21-5/h8-9,11-12,19H,6-7,10H2,1-5H3. The molecule has 2 atom stereocenters. The largest absolute Gasteiger partial charge is 0.495 e. The van der Waals surface area contributed by atoms with E-state index < -0.39 is 0 Å². The van der Waals surface area contributed by atoms with Gasteiger partial charge in [0.05, 0.1) is 14.2 Å². The Morgan fingerprint density at radius 3 is 2.38 bits per heavy atom. The van der Waals surface area contributed by atoms with E-state index in [4.69, 9.17) is 9.47 Å². The van der Waals surface area contributed by atoms with Crippen molar-refractivity contribution in [3.05, 3.63) is 22.2 Å². The molecule has 0 aliphatic heterocycles. The molecule has 1 N–H and O–H groups in total. The van der Waals surface area contributed by atoms with Gasteiger partial charge in [-0.05, 0) is 79.6 Å². The maximum absolute atomic E-state index is 5.62. The maximum atomic E-state index is 5.62. The Morgan fingerprint density at radius 1 is 1.19 bits per heavy atom. The van der Waals surface area contributed by atoms with Crippen molar-refractivity contribution in [1.82, 2.24) is 5.32 Å². The smallest absolute Gasteiger partial charge is 0.140 e. The van der Waals surface area contributed by atoms with Gasteiger partial charge >= 0.3 is 0 Å². The van der Waals surface area contributed by atoms with Crippen LogP contribution in [0, 0.1) is 5.92 Å². The average molecular weight is 356 g/mol. The van der Waals surface area contributed by atoms with Gasteiger partial charge in [-0.15, -0.1) is 0 Å². The van der Waals surface area contributed by atoms with E-state index >= 15 is 0 Å². The number of hydrogen-bond donors (Lipinski definition) is 1. The van der Waals surface area contributed by atoms with Gasteiger partial charge in [-0.25, -0.2) is 0 Å². The van der Waals surface area contributed by atoms with Crippen LogP contribution in [0.1, 0.15) is 45.1 Å². The van der Waals surface area contributed by atoms with Crippen LogP contribution in [-0.4, -0.2) is 26.3 Å². The zero-order chi connectivity index (χ0) is 15.6. The van der Waals surface area contributed by atoms with Gasteiger partial charge in [0.2, 0.25) is 0 Å². The zero-order valence-corrected chi connectivity index (χ0v) is 15.2.